The molecule has 1 aromatic rings. The molecule has 0 radical (unpaired) electrons. The average Bonchev–Trinajstić information content (AvgIpc) is 2.27. The molecular formula is C12H13FINO3. The maximum absolute atomic E-state index is 13.1. The molecular weight excluding hydrogens is 352 g/mol. The Kier molecular flexibility index (Phi) is 5.06. The van der Waals surface area contributed by atoms with Gasteiger partial charge in [0.2, 0.25) is 0 Å². The fraction of sp³-hybridized carbons (Fsp3) is 0.333. The molecule has 0 aromatic heterocycles. The zero-order chi connectivity index (χ0) is 13.9. The van der Waals surface area contributed by atoms with Crippen molar-refractivity contribution in [2.75, 3.05) is 6.54 Å². The van der Waals surface area contributed by atoms with Gasteiger partial charge < -0.3 is 10.0 Å². The minimum atomic E-state index is -1.09. The predicted molar refractivity (Wildman–Crippen MR) is 72.9 cm³/mol. The van der Waals surface area contributed by atoms with E-state index in [0.29, 0.717) is 3.57 Å². The van der Waals surface area contributed by atoms with E-state index >= 15 is 0 Å². The Morgan fingerprint density at radius 3 is 2.56 bits per heavy atom. The largest absolute Gasteiger partial charge is 0.480 e. The van der Waals surface area contributed by atoms with E-state index < -0.39 is 24.2 Å². The van der Waals surface area contributed by atoms with Crippen molar-refractivity contribution in [3.63, 3.8) is 0 Å². The van der Waals surface area contributed by atoms with Crippen molar-refractivity contribution >= 4 is 34.5 Å². The van der Waals surface area contributed by atoms with Gasteiger partial charge in [0.1, 0.15) is 12.4 Å². The third-order valence-corrected chi connectivity index (χ3v) is 3.29. The Morgan fingerprint density at radius 2 is 2.06 bits per heavy atom. The van der Waals surface area contributed by atoms with Crippen molar-refractivity contribution in [2.24, 2.45) is 0 Å². The third kappa shape index (κ3) is 3.66. The molecule has 4 nitrogen and oxygen atoms in total. The number of amides is 1. The van der Waals surface area contributed by atoms with Crippen LogP contribution < -0.4 is 0 Å². The van der Waals surface area contributed by atoms with Gasteiger partial charge in [-0.3, -0.25) is 9.59 Å². The van der Waals surface area contributed by atoms with Crippen LogP contribution in [0.5, 0.6) is 0 Å². The van der Waals surface area contributed by atoms with Crippen LogP contribution in [-0.4, -0.2) is 34.5 Å². The van der Waals surface area contributed by atoms with Gasteiger partial charge in [0.05, 0.1) is 5.56 Å². The summed E-state index contributed by atoms with van der Waals surface area (Å²) in [5, 5.41) is 8.78. The maximum Gasteiger partial charge on any atom is 0.323 e. The van der Waals surface area contributed by atoms with Crippen LogP contribution in [0.2, 0.25) is 0 Å². The maximum atomic E-state index is 13.1. The number of hydrogen-bond acceptors (Lipinski definition) is 2. The number of rotatable bonds is 4. The van der Waals surface area contributed by atoms with Crippen LogP contribution in [0.4, 0.5) is 4.39 Å². The van der Waals surface area contributed by atoms with Gasteiger partial charge >= 0.3 is 5.97 Å². The molecule has 1 amide bonds. The van der Waals surface area contributed by atoms with E-state index in [1.807, 2.05) is 22.6 Å². The molecule has 0 bridgehead atoms. The molecule has 0 heterocycles. The number of nitrogens with zero attached hydrogens (tertiary/aromatic N) is 1. The number of halogens is 2. The van der Waals surface area contributed by atoms with Crippen molar-refractivity contribution in [1.82, 2.24) is 4.90 Å². The second-order valence-corrected chi connectivity index (χ2v) is 5.21. The average molecular weight is 365 g/mol. The number of benzene rings is 1. The molecule has 0 atom stereocenters. The van der Waals surface area contributed by atoms with Gasteiger partial charge in [-0.05, 0) is 54.6 Å². The zero-order valence-corrected chi connectivity index (χ0v) is 12.1. The lowest BCUT2D eigenvalue weighted by Gasteiger charge is -2.25. The molecule has 0 saturated heterocycles. The van der Waals surface area contributed by atoms with Crippen molar-refractivity contribution in [2.45, 2.75) is 19.9 Å². The first kappa shape index (κ1) is 14.9. The Balaban J connectivity index is 3.09. The Labute approximate surface area is 118 Å². The molecule has 0 aliphatic heterocycles. The molecule has 1 rings (SSSR count). The molecule has 0 saturated carbocycles. The van der Waals surface area contributed by atoms with Gasteiger partial charge in [0.25, 0.3) is 5.91 Å². The highest BCUT2D eigenvalue weighted by Gasteiger charge is 2.23. The van der Waals surface area contributed by atoms with E-state index in [1.54, 1.807) is 13.8 Å². The minimum Gasteiger partial charge on any atom is -0.480 e. The number of aliphatic carboxylic acids is 1. The van der Waals surface area contributed by atoms with E-state index in [-0.39, 0.29) is 11.6 Å². The number of carbonyl (C=O) groups is 2. The van der Waals surface area contributed by atoms with Crippen molar-refractivity contribution in [1.29, 1.82) is 0 Å². The van der Waals surface area contributed by atoms with E-state index in [2.05, 4.69) is 0 Å². The number of carboxylic acid groups (broad SMARTS) is 1. The van der Waals surface area contributed by atoms with Gasteiger partial charge in [-0.2, -0.15) is 0 Å². The van der Waals surface area contributed by atoms with E-state index in [9.17, 15) is 14.0 Å². The van der Waals surface area contributed by atoms with Gasteiger partial charge in [-0.15, -0.1) is 0 Å². The summed E-state index contributed by atoms with van der Waals surface area (Å²) in [6.45, 7) is 3.03. The topological polar surface area (TPSA) is 57.6 Å². The summed E-state index contributed by atoms with van der Waals surface area (Å²) < 4.78 is 13.7. The third-order valence-electron chi connectivity index (χ3n) is 2.35. The fourth-order valence-corrected chi connectivity index (χ4v) is 2.02. The summed E-state index contributed by atoms with van der Waals surface area (Å²) in [6.07, 6.45) is 0. The minimum absolute atomic E-state index is 0.186. The Hall–Kier alpha value is -1.18. The standard InChI is InChI=1S/C12H13FINO3/c1-7(2)15(6-11(16)17)12(18)9-5-8(13)3-4-10(9)14/h3-5,7H,6H2,1-2H3,(H,16,17). The summed E-state index contributed by atoms with van der Waals surface area (Å²) in [6, 6.07) is 3.60. The molecule has 0 fully saturated rings. The second-order valence-electron chi connectivity index (χ2n) is 4.04. The number of carbonyl (C=O) groups excluding carboxylic acids is 1. The molecule has 0 spiro atoms. The van der Waals surface area contributed by atoms with E-state index in [0.717, 1.165) is 6.07 Å². The van der Waals surface area contributed by atoms with Crippen LogP contribution in [-0.2, 0) is 4.79 Å². The van der Waals surface area contributed by atoms with Crippen LogP contribution in [0.1, 0.15) is 24.2 Å². The van der Waals surface area contributed by atoms with Crippen LogP contribution >= 0.6 is 22.6 Å². The number of hydrogen-bond donors (Lipinski definition) is 1. The molecule has 98 valence electrons. The molecule has 0 unspecified atom stereocenters. The highest BCUT2D eigenvalue weighted by atomic mass is 127. The fourth-order valence-electron chi connectivity index (χ4n) is 1.45. The predicted octanol–water partition coefficient (Wildman–Crippen LogP) is 2.37. The van der Waals surface area contributed by atoms with Crippen molar-refractivity contribution in [3.8, 4) is 0 Å². The molecule has 6 heteroatoms. The van der Waals surface area contributed by atoms with Gasteiger partial charge in [-0.25, -0.2) is 4.39 Å². The lowest BCUT2D eigenvalue weighted by molar-refractivity contribution is -0.138. The van der Waals surface area contributed by atoms with Crippen molar-refractivity contribution in [3.05, 3.63) is 33.1 Å². The van der Waals surface area contributed by atoms with Crippen LogP contribution in [0.15, 0.2) is 18.2 Å². The first-order chi connectivity index (χ1) is 8.32. The Morgan fingerprint density at radius 1 is 1.44 bits per heavy atom. The zero-order valence-electron chi connectivity index (χ0n) is 9.98. The molecule has 18 heavy (non-hydrogen) atoms. The Bertz CT molecular complexity index is 476. The van der Waals surface area contributed by atoms with Gasteiger partial charge in [-0.1, -0.05) is 0 Å². The highest BCUT2D eigenvalue weighted by Crippen LogP contribution is 2.17. The lowest BCUT2D eigenvalue weighted by Crippen LogP contribution is -2.41. The van der Waals surface area contributed by atoms with Gasteiger partial charge in [0.15, 0.2) is 0 Å². The van der Waals surface area contributed by atoms with Crippen LogP contribution in [0, 0.1) is 9.39 Å². The normalized spacial score (nSPS) is 10.5. The first-order valence-electron chi connectivity index (χ1n) is 5.30. The monoisotopic (exact) mass is 365 g/mol. The SMILES string of the molecule is CC(C)N(CC(=O)O)C(=O)c1cc(F)ccc1I. The van der Waals surface area contributed by atoms with E-state index in [1.165, 1.54) is 17.0 Å². The summed E-state index contributed by atoms with van der Waals surface area (Å²) in [5.74, 6) is -2.09. The van der Waals surface area contributed by atoms with Crippen LogP contribution in [0.25, 0.3) is 0 Å². The summed E-state index contributed by atoms with van der Waals surface area (Å²) >= 11 is 1.92. The molecule has 1 N–H and O–H groups in total. The lowest BCUT2D eigenvalue weighted by atomic mass is 10.1. The first-order valence-corrected chi connectivity index (χ1v) is 6.38. The smallest absolute Gasteiger partial charge is 0.323 e. The van der Waals surface area contributed by atoms with E-state index in [4.69, 9.17) is 5.11 Å². The number of carboxylic acids is 1. The summed E-state index contributed by atoms with van der Waals surface area (Å²) in [7, 11) is 0. The second kappa shape index (κ2) is 6.12. The molecule has 1 aromatic carbocycles. The summed E-state index contributed by atoms with van der Waals surface area (Å²) in [5.41, 5.74) is 0.186. The van der Waals surface area contributed by atoms with Gasteiger partial charge in [0, 0.05) is 9.61 Å². The molecule has 0 aliphatic carbocycles. The van der Waals surface area contributed by atoms with Crippen molar-refractivity contribution < 1.29 is 19.1 Å². The molecule has 0 aliphatic rings. The van der Waals surface area contributed by atoms with Crippen LogP contribution in [0.3, 0.4) is 0 Å². The summed E-state index contributed by atoms with van der Waals surface area (Å²) in [4.78, 5) is 24.1. The highest BCUT2D eigenvalue weighted by molar-refractivity contribution is 14.1. The quantitative estimate of drug-likeness (QED) is 0.834.